The van der Waals surface area contributed by atoms with Crippen LogP contribution in [0, 0.1) is 0 Å². The molecule has 1 aromatic heterocycles. The van der Waals surface area contributed by atoms with Crippen molar-refractivity contribution >= 4 is 33.0 Å². The van der Waals surface area contributed by atoms with Gasteiger partial charge in [0.25, 0.3) is 0 Å². The molecule has 1 heterocycles. The van der Waals surface area contributed by atoms with Crippen molar-refractivity contribution < 1.29 is 18.0 Å². The molecule has 106 valence electrons. The summed E-state index contributed by atoms with van der Waals surface area (Å²) in [7, 11) is 0. The summed E-state index contributed by atoms with van der Waals surface area (Å²) in [6.45, 7) is 0. The van der Waals surface area contributed by atoms with Crippen molar-refractivity contribution in [2.75, 3.05) is 0 Å². The number of halogens is 4. The summed E-state index contributed by atoms with van der Waals surface area (Å²) < 4.78 is 38.3. The Hall–Kier alpha value is -1.14. The maximum Gasteiger partial charge on any atom is 0.416 e. The third-order valence-electron chi connectivity index (χ3n) is 2.81. The maximum absolute atomic E-state index is 12.6. The zero-order valence-electron chi connectivity index (χ0n) is 10.2. The van der Waals surface area contributed by atoms with E-state index in [4.69, 9.17) is 0 Å². The summed E-state index contributed by atoms with van der Waals surface area (Å²) in [6, 6.07) is 5.03. The van der Waals surface area contributed by atoms with Crippen molar-refractivity contribution in [3.8, 4) is 0 Å². The molecule has 1 aromatic carbocycles. The molecule has 0 radical (unpaired) electrons. The molecule has 0 amide bonds. The van der Waals surface area contributed by atoms with Gasteiger partial charge in [-0.15, -0.1) is 0 Å². The molecular weight excluding hydrogens is 353 g/mol. The molecule has 0 bridgehead atoms. The van der Waals surface area contributed by atoms with Gasteiger partial charge in [0.05, 0.1) is 5.56 Å². The van der Waals surface area contributed by atoms with Crippen LogP contribution in [0.15, 0.2) is 39.5 Å². The molecule has 0 atom stereocenters. The minimum absolute atomic E-state index is 0.0788. The van der Waals surface area contributed by atoms with Crippen molar-refractivity contribution in [2.45, 2.75) is 19.0 Å². The van der Waals surface area contributed by atoms with Crippen molar-refractivity contribution in [3.63, 3.8) is 0 Å². The SMILES string of the molecule is O=C(CCc1ccsc1)c1cc(C(F)(F)F)ccc1Br. The molecule has 0 spiro atoms. The maximum atomic E-state index is 12.6. The van der Waals surface area contributed by atoms with Crippen LogP contribution in [0.3, 0.4) is 0 Å². The van der Waals surface area contributed by atoms with E-state index in [0.717, 1.165) is 17.7 Å². The standard InChI is InChI=1S/C14H10BrF3OS/c15-12-3-2-10(14(16,17)18)7-11(12)13(19)4-1-9-5-6-20-8-9/h2-3,5-8H,1,4H2. The minimum atomic E-state index is -4.44. The lowest BCUT2D eigenvalue weighted by atomic mass is 10.0. The highest BCUT2D eigenvalue weighted by Gasteiger charge is 2.31. The molecule has 0 saturated carbocycles. The molecule has 0 aliphatic carbocycles. The Bertz CT molecular complexity index is 605. The highest BCUT2D eigenvalue weighted by atomic mass is 79.9. The van der Waals surface area contributed by atoms with Gasteiger partial charge >= 0.3 is 6.18 Å². The highest BCUT2D eigenvalue weighted by molar-refractivity contribution is 9.10. The fraction of sp³-hybridized carbons (Fsp3) is 0.214. The number of ketones is 1. The molecule has 20 heavy (non-hydrogen) atoms. The van der Waals surface area contributed by atoms with Crippen LogP contribution in [0.1, 0.15) is 27.9 Å². The molecule has 2 aromatic rings. The van der Waals surface area contributed by atoms with Gasteiger partial charge in [-0.05, 0) is 47.0 Å². The van der Waals surface area contributed by atoms with Gasteiger partial charge in [0.2, 0.25) is 0 Å². The van der Waals surface area contributed by atoms with Gasteiger partial charge in [-0.25, -0.2) is 0 Å². The number of carbonyl (C=O) groups excluding carboxylic acids is 1. The zero-order valence-corrected chi connectivity index (χ0v) is 12.6. The average Bonchev–Trinajstić information content (AvgIpc) is 2.88. The molecule has 6 heteroatoms. The number of Topliss-reactive ketones (excluding diaryl/α,β-unsaturated/α-hetero) is 1. The number of hydrogen-bond donors (Lipinski definition) is 0. The Morgan fingerprint density at radius 2 is 2.00 bits per heavy atom. The quantitative estimate of drug-likeness (QED) is 0.670. The van der Waals surface area contributed by atoms with Crippen LogP contribution in [0.5, 0.6) is 0 Å². The van der Waals surface area contributed by atoms with Crippen LogP contribution in [-0.4, -0.2) is 5.78 Å². The zero-order chi connectivity index (χ0) is 14.8. The van der Waals surface area contributed by atoms with Gasteiger partial charge in [-0.1, -0.05) is 15.9 Å². The van der Waals surface area contributed by atoms with Crippen molar-refractivity contribution in [2.24, 2.45) is 0 Å². The van der Waals surface area contributed by atoms with E-state index in [1.807, 2.05) is 16.8 Å². The third kappa shape index (κ3) is 3.70. The van der Waals surface area contributed by atoms with E-state index < -0.39 is 11.7 Å². The topological polar surface area (TPSA) is 17.1 Å². The van der Waals surface area contributed by atoms with E-state index >= 15 is 0 Å². The van der Waals surface area contributed by atoms with Crippen molar-refractivity contribution in [1.82, 2.24) is 0 Å². The van der Waals surface area contributed by atoms with Crippen LogP contribution < -0.4 is 0 Å². The fourth-order valence-corrected chi connectivity index (χ4v) is 2.91. The van der Waals surface area contributed by atoms with E-state index in [-0.39, 0.29) is 17.8 Å². The second-order valence-electron chi connectivity index (χ2n) is 4.25. The Kier molecular flexibility index (Phi) is 4.65. The van der Waals surface area contributed by atoms with Crippen molar-refractivity contribution in [3.05, 3.63) is 56.2 Å². The molecule has 0 unspecified atom stereocenters. The third-order valence-corrected chi connectivity index (χ3v) is 4.24. The molecular formula is C14H10BrF3OS. The molecule has 2 rings (SSSR count). The summed E-state index contributed by atoms with van der Waals surface area (Å²) in [5.41, 5.74) is 0.293. The predicted octanol–water partition coefficient (Wildman–Crippen LogP) is 5.34. The molecule has 0 aliphatic heterocycles. The smallest absolute Gasteiger partial charge is 0.294 e. The number of alkyl halides is 3. The van der Waals surface area contributed by atoms with Crippen LogP contribution in [0.4, 0.5) is 13.2 Å². The Morgan fingerprint density at radius 3 is 2.60 bits per heavy atom. The lowest BCUT2D eigenvalue weighted by Crippen LogP contribution is -2.08. The summed E-state index contributed by atoms with van der Waals surface area (Å²) in [4.78, 5) is 12.0. The van der Waals surface area contributed by atoms with Crippen LogP contribution >= 0.6 is 27.3 Å². The van der Waals surface area contributed by atoms with E-state index in [2.05, 4.69) is 15.9 Å². The number of aryl methyl sites for hydroxylation is 1. The van der Waals surface area contributed by atoms with E-state index in [1.54, 1.807) is 0 Å². The monoisotopic (exact) mass is 362 g/mol. The van der Waals surface area contributed by atoms with Crippen molar-refractivity contribution in [1.29, 1.82) is 0 Å². The van der Waals surface area contributed by atoms with Crippen LogP contribution in [0.2, 0.25) is 0 Å². The Balaban J connectivity index is 2.16. The highest BCUT2D eigenvalue weighted by Crippen LogP contribution is 2.32. The number of benzene rings is 1. The molecule has 0 N–H and O–H groups in total. The summed E-state index contributed by atoms with van der Waals surface area (Å²) >= 11 is 4.66. The lowest BCUT2D eigenvalue weighted by Gasteiger charge is -2.10. The minimum Gasteiger partial charge on any atom is -0.294 e. The summed E-state index contributed by atoms with van der Waals surface area (Å²) in [6.07, 6.45) is -3.72. The predicted molar refractivity (Wildman–Crippen MR) is 76.1 cm³/mol. The largest absolute Gasteiger partial charge is 0.416 e. The molecule has 1 nitrogen and oxygen atoms in total. The molecule has 0 aliphatic rings. The van der Waals surface area contributed by atoms with Gasteiger partial charge in [-0.3, -0.25) is 4.79 Å². The summed E-state index contributed by atoms with van der Waals surface area (Å²) in [5.74, 6) is -0.297. The Labute approximate surface area is 126 Å². The second kappa shape index (κ2) is 6.10. The Morgan fingerprint density at radius 1 is 1.25 bits per heavy atom. The van der Waals surface area contributed by atoms with Gasteiger partial charge in [0.15, 0.2) is 5.78 Å². The van der Waals surface area contributed by atoms with E-state index in [0.29, 0.717) is 10.9 Å². The van der Waals surface area contributed by atoms with Crippen LogP contribution in [0.25, 0.3) is 0 Å². The lowest BCUT2D eigenvalue weighted by molar-refractivity contribution is -0.137. The number of hydrogen-bond acceptors (Lipinski definition) is 2. The normalized spacial score (nSPS) is 11.6. The number of carbonyl (C=O) groups is 1. The number of thiophene rings is 1. The van der Waals surface area contributed by atoms with Gasteiger partial charge in [-0.2, -0.15) is 24.5 Å². The first-order chi connectivity index (χ1) is 9.38. The molecule has 0 saturated heterocycles. The number of rotatable bonds is 4. The first-order valence-corrected chi connectivity index (χ1v) is 7.52. The second-order valence-corrected chi connectivity index (χ2v) is 5.88. The fourth-order valence-electron chi connectivity index (χ4n) is 1.74. The van der Waals surface area contributed by atoms with Gasteiger partial charge in [0, 0.05) is 16.5 Å². The van der Waals surface area contributed by atoms with E-state index in [1.165, 1.54) is 17.4 Å². The van der Waals surface area contributed by atoms with E-state index in [9.17, 15) is 18.0 Å². The average molecular weight is 363 g/mol. The van der Waals surface area contributed by atoms with Crippen LogP contribution in [-0.2, 0) is 12.6 Å². The first-order valence-electron chi connectivity index (χ1n) is 5.79. The van der Waals surface area contributed by atoms with Gasteiger partial charge in [0.1, 0.15) is 0 Å². The molecule has 0 fully saturated rings. The summed E-state index contributed by atoms with van der Waals surface area (Å²) in [5, 5.41) is 3.83. The van der Waals surface area contributed by atoms with Gasteiger partial charge < -0.3 is 0 Å². The first kappa shape index (κ1) is 15.3.